The highest BCUT2D eigenvalue weighted by Gasteiger charge is 2.45. The van der Waals surface area contributed by atoms with Gasteiger partial charge in [-0.15, -0.1) is 0 Å². The molecule has 1 aromatic rings. The predicted molar refractivity (Wildman–Crippen MR) is 67.1 cm³/mol. The molecule has 0 spiro atoms. The zero-order valence-electron chi connectivity index (χ0n) is 12.1. The number of carbonyl (C=O) groups excluding carboxylic acids is 1. The van der Waals surface area contributed by atoms with Crippen molar-refractivity contribution < 1.29 is 36.6 Å². The van der Waals surface area contributed by atoms with Gasteiger partial charge in [-0.25, -0.2) is 4.79 Å². The summed E-state index contributed by atoms with van der Waals surface area (Å²) >= 11 is 0. The predicted octanol–water partition coefficient (Wildman–Crippen LogP) is 3.36. The third kappa shape index (κ3) is 4.90. The lowest BCUT2D eigenvalue weighted by molar-refractivity contribution is -0.206. The number of halogens is 5. The number of aliphatic hydroxyl groups is 1. The maximum absolute atomic E-state index is 13.5. The summed E-state index contributed by atoms with van der Waals surface area (Å²) in [6.45, 7) is 5.05. The first-order valence-electron chi connectivity index (χ1n) is 6.37. The SMILES string of the molecule is CC.CCOC(=O)C(F)(F)c1ccc(C(O)C(F)(F)F)cn1. The lowest BCUT2D eigenvalue weighted by Gasteiger charge is -2.17. The molecule has 0 aliphatic rings. The molecule has 0 fully saturated rings. The van der Waals surface area contributed by atoms with Crippen LogP contribution in [0, 0.1) is 0 Å². The fraction of sp³-hybridized carbons (Fsp3) is 0.538. The van der Waals surface area contributed by atoms with Crippen LogP contribution in [0.1, 0.15) is 38.1 Å². The van der Waals surface area contributed by atoms with Crippen molar-refractivity contribution in [3.05, 3.63) is 29.6 Å². The summed E-state index contributed by atoms with van der Waals surface area (Å²) in [4.78, 5) is 14.1. The van der Waals surface area contributed by atoms with E-state index < -0.39 is 35.4 Å². The van der Waals surface area contributed by atoms with Crippen molar-refractivity contribution >= 4 is 5.97 Å². The van der Waals surface area contributed by atoms with Crippen LogP contribution in [0.4, 0.5) is 22.0 Å². The van der Waals surface area contributed by atoms with E-state index >= 15 is 0 Å². The van der Waals surface area contributed by atoms with Crippen molar-refractivity contribution in [3.63, 3.8) is 0 Å². The molecule has 9 heteroatoms. The summed E-state index contributed by atoms with van der Waals surface area (Å²) in [5.41, 5.74) is -1.77. The quantitative estimate of drug-likeness (QED) is 0.680. The number of hydrogen-bond acceptors (Lipinski definition) is 4. The van der Waals surface area contributed by atoms with Crippen LogP contribution in [0.25, 0.3) is 0 Å². The molecular weight excluding hydrogens is 313 g/mol. The standard InChI is InChI=1S/C11H10F5NO3.C2H6/c1-2-20-9(19)10(12,13)7-4-3-6(5-17-7)8(18)11(14,15)16;1-2/h3-5,8,18H,2H2,1H3;1-2H3. The van der Waals surface area contributed by atoms with Crippen LogP contribution >= 0.6 is 0 Å². The molecule has 0 amide bonds. The second-order valence-corrected chi connectivity index (χ2v) is 3.72. The van der Waals surface area contributed by atoms with Gasteiger partial charge in [0.05, 0.1) is 6.61 Å². The molecule has 1 rings (SSSR count). The molecule has 0 saturated heterocycles. The smallest absolute Gasteiger partial charge is 0.418 e. The summed E-state index contributed by atoms with van der Waals surface area (Å²) in [7, 11) is 0. The minimum atomic E-state index is -4.94. The number of hydrogen-bond donors (Lipinski definition) is 1. The summed E-state index contributed by atoms with van der Waals surface area (Å²) in [5, 5.41) is 8.90. The Labute approximate surface area is 123 Å². The van der Waals surface area contributed by atoms with E-state index in [9.17, 15) is 26.7 Å². The number of ether oxygens (including phenoxy) is 1. The van der Waals surface area contributed by atoms with E-state index in [0.717, 1.165) is 0 Å². The maximum atomic E-state index is 13.5. The molecule has 0 aliphatic heterocycles. The van der Waals surface area contributed by atoms with Crippen molar-refractivity contribution in [1.82, 2.24) is 4.98 Å². The number of rotatable bonds is 4. The van der Waals surface area contributed by atoms with Gasteiger partial charge in [0.2, 0.25) is 0 Å². The summed E-state index contributed by atoms with van der Waals surface area (Å²) < 4.78 is 67.7. The normalized spacial score (nSPS) is 13.0. The lowest BCUT2D eigenvalue weighted by Crippen LogP contribution is -2.29. The number of esters is 1. The fourth-order valence-corrected chi connectivity index (χ4v) is 1.27. The fourth-order valence-electron chi connectivity index (χ4n) is 1.27. The molecule has 1 N–H and O–H groups in total. The molecule has 0 aromatic carbocycles. The van der Waals surface area contributed by atoms with E-state index in [0.29, 0.717) is 18.3 Å². The van der Waals surface area contributed by atoms with Gasteiger partial charge in [-0.2, -0.15) is 22.0 Å². The van der Waals surface area contributed by atoms with Gasteiger partial charge in [-0.3, -0.25) is 4.98 Å². The average molecular weight is 329 g/mol. The molecule has 126 valence electrons. The highest BCUT2D eigenvalue weighted by Crippen LogP contribution is 2.33. The van der Waals surface area contributed by atoms with E-state index in [2.05, 4.69) is 9.72 Å². The molecule has 0 radical (unpaired) electrons. The van der Waals surface area contributed by atoms with Crippen LogP contribution in [0.2, 0.25) is 0 Å². The Bertz CT molecular complexity index is 474. The van der Waals surface area contributed by atoms with Crippen molar-refractivity contribution in [1.29, 1.82) is 0 Å². The second kappa shape index (κ2) is 8.02. The zero-order valence-corrected chi connectivity index (χ0v) is 12.1. The molecule has 22 heavy (non-hydrogen) atoms. The Hall–Kier alpha value is -1.77. The second-order valence-electron chi connectivity index (χ2n) is 3.72. The Kier molecular flexibility index (Phi) is 7.37. The van der Waals surface area contributed by atoms with Crippen LogP contribution < -0.4 is 0 Å². The topological polar surface area (TPSA) is 59.4 Å². The Morgan fingerprint density at radius 3 is 2.18 bits per heavy atom. The van der Waals surface area contributed by atoms with Gasteiger partial charge in [0.15, 0.2) is 6.10 Å². The third-order valence-corrected chi connectivity index (χ3v) is 2.27. The molecule has 4 nitrogen and oxygen atoms in total. The van der Waals surface area contributed by atoms with Crippen molar-refractivity contribution in [2.75, 3.05) is 6.61 Å². The van der Waals surface area contributed by atoms with Crippen molar-refractivity contribution in [2.24, 2.45) is 0 Å². The molecule has 0 aliphatic carbocycles. The van der Waals surface area contributed by atoms with Gasteiger partial charge in [0.25, 0.3) is 0 Å². The highest BCUT2D eigenvalue weighted by molar-refractivity contribution is 5.78. The Morgan fingerprint density at radius 2 is 1.82 bits per heavy atom. The monoisotopic (exact) mass is 329 g/mol. The van der Waals surface area contributed by atoms with Gasteiger partial charge in [-0.1, -0.05) is 19.9 Å². The van der Waals surface area contributed by atoms with Gasteiger partial charge in [-0.05, 0) is 13.0 Å². The van der Waals surface area contributed by atoms with E-state index in [4.69, 9.17) is 5.11 Å². The van der Waals surface area contributed by atoms with Crippen LogP contribution in [0.3, 0.4) is 0 Å². The van der Waals surface area contributed by atoms with Gasteiger partial charge in [0, 0.05) is 11.8 Å². The minimum Gasteiger partial charge on any atom is -0.461 e. The van der Waals surface area contributed by atoms with Gasteiger partial charge >= 0.3 is 18.1 Å². The first-order valence-corrected chi connectivity index (χ1v) is 6.37. The zero-order chi connectivity index (χ0) is 17.6. The molecule has 1 heterocycles. The van der Waals surface area contributed by atoms with E-state index in [-0.39, 0.29) is 6.61 Å². The Morgan fingerprint density at radius 1 is 1.27 bits per heavy atom. The first kappa shape index (κ1) is 20.2. The van der Waals surface area contributed by atoms with Crippen LogP contribution in [-0.2, 0) is 15.5 Å². The molecule has 0 bridgehead atoms. The van der Waals surface area contributed by atoms with E-state index in [1.807, 2.05) is 13.8 Å². The van der Waals surface area contributed by atoms with E-state index in [1.165, 1.54) is 6.92 Å². The van der Waals surface area contributed by atoms with Crippen LogP contribution in [-0.4, -0.2) is 28.8 Å². The summed E-state index contributed by atoms with van der Waals surface area (Å²) in [6, 6.07) is 1.15. The largest absolute Gasteiger partial charge is 0.461 e. The molecule has 1 atom stereocenters. The molecule has 1 unspecified atom stereocenters. The van der Waals surface area contributed by atoms with Crippen molar-refractivity contribution in [2.45, 2.75) is 39.0 Å². The first-order chi connectivity index (χ1) is 10.1. The number of carbonyl (C=O) groups is 1. The van der Waals surface area contributed by atoms with Crippen LogP contribution in [0.15, 0.2) is 18.3 Å². The third-order valence-electron chi connectivity index (χ3n) is 2.27. The number of nitrogens with zero attached hydrogens (tertiary/aromatic N) is 1. The lowest BCUT2D eigenvalue weighted by atomic mass is 10.1. The van der Waals surface area contributed by atoms with Gasteiger partial charge in [0.1, 0.15) is 5.69 Å². The summed E-state index contributed by atoms with van der Waals surface area (Å²) in [6.07, 6.45) is -7.34. The molecule has 0 saturated carbocycles. The number of pyridine rings is 1. The molecular formula is C13H16F5NO3. The number of aliphatic hydroxyl groups excluding tert-OH is 1. The Balaban J connectivity index is 0.00000211. The minimum absolute atomic E-state index is 0.278. The summed E-state index contributed by atoms with van der Waals surface area (Å²) in [5.74, 6) is -5.92. The van der Waals surface area contributed by atoms with E-state index in [1.54, 1.807) is 0 Å². The maximum Gasteiger partial charge on any atom is 0.418 e. The van der Waals surface area contributed by atoms with Crippen molar-refractivity contribution in [3.8, 4) is 0 Å². The number of alkyl halides is 5. The molecule has 1 aromatic heterocycles. The highest BCUT2D eigenvalue weighted by atomic mass is 19.4. The van der Waals surface area contributed by atoms with Gasteiger partial charge < -0.3 is 9.84 Å². The average Bonchev–Trinajstić information content (AvgIpc) is 2.48. The van der Waals surface area contributed by atoms with Crippen LogP contribution in [0.5, 0.6) is 0 Å². The number of aromatic nitrogens is 1.